The van der Waals surface area contributed by atoms with E-state index in [1.165, 1.54) is 24.1 Å². The van der Waals surface area contributed by atoms with Gasteiger partial charge in [0.2, 0.25) is 11.8 Å². The third-order valence-electron chi connectivity index (χ3n) is 5.29. The average Bonchev–Trinajstić information content (AvgIpc) is 2.71. The molecule has 1 aliphatic carbocycles. The summed E-state index contributed by atoms with van der Waals surface area (Å²) in [5.41, 5.74) is -0.242. The summed E-state index contributed by atoms with van der Waals surface area (Å²) in [6, 6.07) is 4.37. The van der Waals surface area contributed by atoms with E-state index in [9.17, 15) is 19.5 Å². The Hall–Kier alpha value is -2.42. The number of benzene rings is 1. The van der Waals surface area contributed by atoms with Crippen molar-refractivity contribution < 1.29 is 24.2 Å². The van der Waals surface area contributed by atoms with Crippen molar-refractivity contribution in [1.82, 2.24) is 15.5 Å². The molecule has 3 amide bonds. The van der Waals surface area contributed by atoms with Gasteiger partial charge in [-0.05, 0) is 51.3 Å². The molecule has 2 atom stereocenters. The molecule has 1 aliphatic rings. The Balaban J connectivity index is 2.23. The van der Waals surface area contributed by atoms with Crippen molar-refractivity contribution >= 4 is 30.5 Å². The first kappa shape index (κ1) is 25.8. The van der Waals surface area contributed by atoms with Crippen LogP contribution in [0.25, 0.3) is 0 Å². The number of ether oxygens (including phenoxy) is 1. The number of rotatable bonds is 7. The maximum absolute atomic E-state index is 13.3. The van der Waals surface area contributed by atoms with Crippen molar-refractivity contribution in [2.45, 2.75) is 76.6 Å². The second-order valence-electron chi connectivity index (χ2n) is 9.17. The van der Waals surface area contributed by atoms with Crippen molar-refractivity contribution in [1.29, 1.82) is 0 Å². The van der Waals surface area contributed by atoms with E-state index in [2.05, 4.69) is 23.3 Å². The second-order valence-corrected chi connectivity index (χ2v) is 9.54. The van der Waals surface area contributed by atoms with Gasteiger partial charge in [-0.3, -0.25) is 9.59 Å². The fourth-order valence-corrected chi connectivity index (χ4v) is 4.03. The highest BCUT2D eigenvalue weighted by Gasteiger charge is 2.34. The Labute approximate surface area is 195 Å². The first-order valence-electron chi connectivity index (χ1n) is 11.0. The summed E-state index contributed by atoms with van der Waals surface area (Å²) in [6.45, 7) is 5.18. The van der Waals surface area contributed by atoms with Gasteiger partial charge in [0.1, 0.15) is 23.4 Å². The molecule has 3 N–H and O–H groups in total. The fourth-order valence-electron chi connectivity index (χ4n) is 3.78. The molecule has 0 bridgehead atoms. The molecule has 9 heteroatoms. The van der Waals surface area contributed by atoms with Crippen LogP contribution in [0.5, 0.6) is 5.75 Å². The number of aromatic hydroxyl groups is 1. The number of alkyl carbamates (subject to hydrolysis) is 1. The number of likely N-dealkylation sites (N-methyl/N-ethyl adjacent to an activating group) is 1. The molecule has 2 rings (SSSR count). The number of hydrogen-bond donors (Lipinski definition) is 4. The summed E-state index contributed by atoms with van der Waals surface area (Å²) in [4.78, 5) is 40.0. The van der Waals surface area contributed by atoms with Crippen molar-refractivity contribution in [3.05, 3.63) is 29.8 Å². The van der Waals surface area contributed by atoms with Gasteiger partial charge in [-0.15, -0.1) is 0 Å². The molecule has 0 heterocycles. The van der Waals surface area contributed by atoms with E-state index >= 15 is 0 Å². The Morgan fingerprint density at radius 3 is 2.44 bits per heavy atom. The van der Waals surface area contributed by atoms with Gasteiger partial charge in [-0.1, -0.05) is 31.4 Å². The molecule has 8 nitrogen and oxygen atoms in total. The van der Waals surface area contributed by atoms with E-state index in [0.717, 1.165) is 32.1 Å². The van der Waals surface area contributed by atoms with Gasteiger partial charge < -0.3 is 25.4 Å². The van der Waals surface area contributed by atoms with Crippen LogP contribution in [0.3, 0.4) is 0 Å². The summed E-state index contributed by atoms with van der Waals surface area (Å²) in [5.74, 6) is -0.789. The number of amides is 3. The molecule has 0 spiro atoms. The van der Waals surface area contributed by atoms with E-state index in [0.29, 0.717) is 5.56 Å². The maximum Gasteiger partial charge on any atom is 0.408 e. The predicted octanol–water partition coefficient (Wildman–Crippen LogP) is 3.16. The van der Waals surface area contributed by atoms with Crippen LogP contribution < -0.4 is 10.6 Å². The Morgan fingerprint density at radius 1 is 1.22 bits per heavy atom. The van der Waals surface area contributed by atoms with Crippen LogP contribution in [0.15, 0.2) is 24.3 Å². The largest absolute Gasteiger partial charge is 0.508 e. The van der Waals surface area contributed by atoms with E-state index in [1.54, 1.807) is 32.9 Å². The third-order valence-corrected chi connectivity index (χ3v) is 5.66. The van der Waals surface area contributed by atoms with Crippen molar-refractivity contribution in [3.8, 4) is 5.75 Å². The minimum atomic E-state index is -0.986. The lowest BCUT2D eigenvalue weighted by Gasteiger charge is -2.33. The third kappa shape index (κ3) is 7.62. The lowest BCUT2D eigenvalue weighted by atomic mass is 9.94. The number of carbonyl (C=O) groups excluding carboxylic acids is 3. The molecule has 0 aromatic heterocycles. The molecule has 1 fully saturated rings. The van der Waals surface area contributed by atoms with Crippen LogP contribution in [-0.2, 0) is 14.3 Å². The van der Waals surface area contributed by atoms with Crippen LogP contribution in [-0.4, -0.2) is 58.4 Å². The first-order chi connectivity index (χ1) is 15.0. The van der Waals surface area contributed by atoms with Crippen LogP contribution in [0.1, 0.15) is 64.5 Å². The molecule has 32 heavy (non-hydrogen) atoms. The minimum Gasteiger partial charge on any atom is -0.508 e. The smallest absolute Gasteiger partial charge is 0.408 e. The van der Waals surface area contributed by atoms with Crippen LogP contribution in [0, 0.1) is 0 Å². The normalized spacial score (nSPS) is 16.5. The van der Waals surface area contributed by atoms with Gasteiger partial charge in [0.15, 0.2) is 0 Å². The summed E-state index contributed by atoms with van der Waals surface area (Å²) in [6.07, 6.45) is 4.32. The number of nitrogens with one attached hydrogen (secondary N) is 2. The summed E-state index contributed by atoms with van der Waals surface area (Å²) < 4.78 is 5.24. The SMILES string of the molecule is CN(C(=O)C(CS)NC(=O)OC(C)(C)C)C(C(=O)NC1CCCCC1)c1cccc(O)c1. The molecule has 0 saturated heterocycles. The lowest BCUT2D eigenvalue weighted by Crippen LogP contribution is -2.53. The quantitative estimate of drug-likeness (QED) is 0.463. The van der Waals surface area contributed by atoms with Gasteiger partial charge >= 0.3 is 6.09 Å². The minimum absolute atomic E-state index is 0.00330. The summed E-state index contributed by atoms with van der Waals surface area (Å²) >= 11 is 4.21. The zero-order valence-corrected chi connectivity index (χ0v) is 20.2. The molecule has 1 aromatic rings. The van der Waals surface area contributed by atoms with Crippen molar-refractivity contribution in [2.75, 3.05) is 12.8 Å². The monoisotopic (exact) mass is 465 g/mol. The van der Waals surface area contributed by atoms with Crippen LogP contribution in [0.2, 0.25) is 0 Å². The first-order valence-corrected chi connectivity index (χ1v) is 11.6. The number of hydrogen-bond acceptors (Lipinski definition) is 6. The van der Waals surface area contributed by atoms with Gasteiger partial charge in [0, 0.05) is 18.8 Å². The zero-order valence-electron chi connectivity index (χ0n) is 19.3. The maximum atomic E-state index is 13.3. The van der Waals surface area contributed by atoms with E-state index in [-0.39, 0.29) is 23.5 Å². The van der Waals surface area contributed by atoms with Gasteiger partial charge in [-0.25, -0.2) is 4.79 Å². The van der Waals surface area contributed by atoms with E-state index < -0.39 is 29.7 Å². The Bertz CT molecular complexity index is 805. The molecular weight excluding hydrogens is 430 g/mol. The van der Waals surface area contributed by atoms with Gasteiger partial charge in [-0.2, -0.15) is 12.6 Å². The number of carbonyl (C=O) groups is 3. The summed E-state index contributed by atoms with van der Waals surface area (Å²) in [7, 11) is 1.50. The molecule has 178 valence electrons. The topological polar surface area (TPSA) is 108 Å². The average molecular weight is 466 g/mol. The molecular formula is C23H35N3O5S. The number of nitrogens with zero attached hydrogens (tertiary/aromatic N) is 1. The number of thiol groups is 1. The molecule has 2 unspecified atom stereocenters. The highest BCUT2D eigenvalue weighted by Crippen LogP contribution is 2.26. The second kappa shape index (κ2) is 11.4. The highest BCUT2D eigenvalue weighted by molar-refractivity contribution is 7.80. The van der Waals surface area contributed by atoms with E-state index in [4.69, 9.17) is 4.74 Å². The van der Waals surface area contributed by atoms with Gasteiger partial charge in [0.05, 0.1) is 0 Å². The molecule has 0 radical (unpaired) electrons. The lowest BCUT2D eigenvalue weighted by molar-refractivity contribution is -0.140. The van der Waals surface area contributed by atoms with E-state index in [1.807, 2.05) is 0 Å². The van der Waals surface area contributed by atoms with Gasteiger partial charge in [0.25, 0.3) is 0 Å². The Kier molecular flexibility index (Phi) is 9.24. The molecule has 0 aliphatic heterocycles. The fraction of sp³-hybridized carbons (Fsp3) is 0.609. The van der Waals surface area contributed by atoms with Crippen molar-refractivity contribution in [2.24, 2.45) is 0 Å². The number of phenolic OH excluding ortho intramolecular Hbond substituents is 1. The van der Waals surface area contributed by atoms with Crippen LogP contribution >= 0.6 is 12.6 Å². The number of phenols is 1. The molecule has 1 saturated carbocycles. The predicted molar refractivity (Wildman–Crippen MR) is 126 cm³/mol. The highest BCUT2D eigenvalue weighted by atomic mass is 32.1. The zero-order chi connectivity index (χ0) is 23.9. The Morgan fingerprint density at radius 2 is 1.88 bits per heavy atom. The van der Waals surface area contributed by atoms with Crippen LogP contribution in [0.4, 0.5) is 4.79 Å². The molecule has 1 aromatic carbocycles. The standard InChI is InChI=1S/C23H35N3O5S/c1-23(2,3)31-22(30)25-18(14-32)21(29)26(4)19(15-9-8-12-17(27)13-15)20(28)24-16-10-6-5-7-11-16/h8-9,12-13,16,18-19,27,32H,5-7,10-11,14H2,1-4H3,(H,24,28)(H,25,30). The van der Waals surface area contributed by atoms with Crippen molar-refractivity contribution in [3.63, 3.8) is 0 Å². The summed E-state index contributed by atoms with van der Waals surface area (Å²) in [5, 5.41) is 15.5.